The molecule has 0 atom stereocenters. The molecule has 0 heterocycles. The van der Waals surface area contributed by atoms with Crippen LogP contribution in [0.1, 0.15) is 30.4 Å². The van der Waals surface area contributed by atoms with E-state index in [1.54, 1.807) is 0 Å². The number of rotatable bonds is 2. The number of fused-ring (bicyclic) bond motifs is 1. The number of ketones is 1. The first-order valence-electron chi connectivity index (χ1n) is 6.14. The molecule has 1 heteroatoms. The van der Waals surface area contributed by atoms with Crippen LogP contribution in [0, 0.1) is 5.92 Å². The van der Waals surface area contributed by atoms with E-state index in [2.05, 4.69) is 30.3 Å². The summed E-state index contributed by atoms with van der Waals surface area (Å²) < 4.78 is 0. The van der Waals surface area contributed by atoms with E-state index in [0.717, 1.165) is 31.3 Å². The predicted octanol–water partition coefficient (Wildman–Crippen LogP) is 3.08. The molecule has 0 bridgehead atoms. The van der Waals surface area contributed by atoms with E-state index < -0.39 is 0 Å². The predicted molar refractivity (Wildman–Crippen MR) is 64.3 cm³/mol. The number of carbonyl (C=O) groups is 1. The second-order valence-corrected chi connectivity index (χ2v) is 4.86. The minimum absolute atomic E-state index is 0.224. The number of allylic oxidation sites excluding steroid dienone is 2. The van der Waals surface area contributed by atoms with Crippen molar-refractivity contribution in [3.63, 3.8) is 0 Å². The number of benzene rings is 1. The highest BCUT2D eigenvalue weighted by atomic mass is 16.1. The fraction of sp³-hybridized carbons (Fsp3) is 0.400. The quantitative estimate of drug-likeness (QED) is 0.736. The topological polar surface area (TPSA) is 17.1 Å². The summed E-state index contributed by atoms with van der Waals surface area (Å²) in [6.07, 6.45) is 7.32. The van der Waals surface area contributed by atoms with Gasteiger partial charge in [0, 0.05) is 5.92 Å². The summed E-state index contributed by atoms with van der Waals surface area (Å²) in [4.78, 5) is 12.2. The molecular formula is C15H16O. The molecule has 1 aromatic carbocycles. The lowest BCUT2D eigenvalue weighted by Crippen LogP contribution is -2.16. The summed E-state index contributed by atoms with van der Waals surface area (Å²) in [6.45, 7) is 0. The van der Waals surface area contributed by atoms with Crippen LogP contribution in [0.25, 0.3) is 0 Å². The van der Waals surface area contributed by atoms with Crippen LogP contribution in [0.15, 0.2) is 35.9 Å². The molecule has 82 valence electrons. The Kier molecular flexibility index (Phi) is 2.39. The first-order chi connectivity index (χ1) is 7.84. The smallest absolute Gasteiger partial charge is 0.162 e. The third-order valence-electron chi connectivity index (χ3n) is 3.78. The first-order valence-corrected chi connectivity index (χ1v) is 6.14. The number of Topliss-reactive ketones (excluding diaryl/α,β-unsaturated/α-hetero) is 1. The van der Waals surface area contributed by atoms with Crippen molar-refractivity contribution in [3.05, 3.63) is 47.0 Å². The van der Waals surface area contributed by atoms with Crippen molar-refractivity contribution >= 4 is 5.78 Å². The lowest BCUT2D eigenvalue weighted by Gasteiger charge is -2.08. The van der Waals surface area contributed by atoms with Gasteiger partial charge >= 0.3 is 0 Å². The standard InChI is InChI=1S/C15H16O/c16-15(11-5-1-2-6-11)14-9-12-7-3-4-8-13(12)10-14/h3-5,7-8,14H,1-2,6,9-10H2. The summed E-state index contributed by atoms with van der Waals surface area (Å²) in [5.41, 5.74) is 3.84. The van der Waals surface area contributed by atoms with Crippen molar-refractivity contribution in [1.29, 1.82) is 0 Å². The van der Waals surface area contributed by atoms with Crippen molar-refractivity contribution in [2.24, 2.45) is 5.92 Å². The first kappa shape index (κ1) is 9.83. The van der Waals surface area contributed by atoms with Crippen LogP contribution in [0.5, 0.6) is 0 Å². The van der Waals surface area contributed by atoms with Gasteiger partial charge in [0.2, 0.25) is 0 Å². The van der Waals surface area contributed by atoms with E-state index in [4.69, 9.17) is 0 Å². The maximum atomic E-state index is 12.2. The van der Waals surface area contributed by atoms with Gasteiger partial charge in [-0.2, -0.15) is 0 Å². The van der Waals surface area contributed by atoms with Crippen molar-refractivity contribution in [2.75, 3.05) is 0 Å². The molecule has 1 aromatic rings. The average Bonchev–Trinajstić information content (AvgIpc) is 2.97. The zero-order valence-corrected chi connectivity index (χ0v) is 9.41. The molecule has 0 saturated carbocycles. The minimum Gasteiger partial charge on any atom is -0.294 e. The molecule has 2 aliphatic rings. The van der Waals surface area contributed by atoms with E-state index in [9.17, 15) is 4.79 Å². The molecule has 0 N–H and O–H groups in total. The van der Waals surface area contributed by atoms with Crippen LogP contribution in [-0.4, -0.2) is 5.78 Å². The van der Waals surface area contributed by atoms with Crippen LogP contribution in [0.4, 0.5) is 0 Å². The highest BCUT2D eigenvalue weighted by Gasteiger charge is 2.29. The largest absolute Gasteiger partial charge is 0.294 e. The Balaban J connectivity index is 1.78. The molecule has 0 radical (unpaired) electrons. The molecule has 2 aliphatic carbocycles. The van der Waals surface area contributed by atoms with Crippen molar-refractivity contribution in [3.8, 4) is 0 Å². The number of carbonyl (C=O) groups excluding carboxylic acids is 1. The summed E-state index contributed by atoms with van der Waals surface area (Å²) in [5, 5.41) is 0. The zero-order chi connectivity index (χ0) is 11.0. The number of hydrogen-bond acceptors (Lipinski definition) is 1. The molecule has 16 heavy (non-hydrogen) atoms. The Hall–Kier alpha value is -1.37. The molecule has 0 amide bonds. The highest BCUT2D eigenvalue weighted by molar-refractivity contribution is 5.98. The maximum Gasteiger partial charge on any atom is 0.162 e. The molecule has 0 spiro atoms. The van der Waals surface area contributed by atoms with Gasteiger partial charge in [0.1, 0.15) is 0 Å². The number of hydrogen-bond donors (Lipinski definition) is 0. The van der Waals surface area contributed by atoms with Gasteiger partial charge in [-0.3, -0.25) is 4.79 Å². The Labute approximate surface area is 96.2 Å². The Morgan fingerprint density at radius 2 is 1.81 bits per heavy atom. The van der Waals surface area contributed by atoms with Crippen molar-refractivity contribution in [2.45, 2.75) is 32.1 Å². The molecule has 3 rings (SSSR count). The van der Waals surface area contributed by atoms with E-state index >= 15 is 0 Å². The minimum atomic E-state index is 0.224. The molecule has 0 aliphatic heterocycles. The lowest BCUT2D eigenvalue weighted by atomic mass is 9.94. The van der Waals surface area contributed by atoms with Gasteiger partial charge in [-0.25, -0.2) is 0 Å². The average molecular weight is 212 g/mol. The SMILES string of the molecule is O=C(C1=CCCC1)C1Cc2ccccc2C1. The molecule has 0 saturated heterocycles. The van der Waals surface area contributed by atoms with Gasteiger partial charge < -0.3 is 0 Å². The Bertz CT molecular complexity index is 431. The molecule has 0 unspecified atom stereocenters. The van der Waals surface area contributed by atoms with Gasteiger partial charge in [-0.15, -0.1) is 0 Å². The summed E-state index contributed by atoms with van der Waals surface area (Å²) in [5.74, 6) is 0.635. The Morgan fingerprint density at radius 1 is 1.12 bits per heavy atom. The van der Waals surface area contributed by atoms with Crippen molar-refractivity contribution in [1.82, 2.24) is 0 Å². The normalized spacial score (nSPS) is 19.6. The summed E-state index contributed by atoms with van der Waals surface area (Å²) in [7, 11) is 0. The molecule has 1 nitrogen and oxygen atoms in total. The fourth-order valence-electron chi connectivity index (χ4n) is 2.90. The van der Waals surface area contributed by atoms with Crippen LogP contribution in [0.2, 0.25) is 0 Å². The second-order valence-electron chi connectivity index (χ2n) is 4.86. The van der Waals surface area contributed by atoms with Crippen molar-refractivity contribution < 1.29 is 4.79 Å². The van der Waals surface area contributed by atoms with Crippen LogP contribution in [0.3, 0.4) is 0 Å². The monoisotopic (exact) mass is 212 g/mol. The van der Waals surface area contributed by atoms with E-state index in [1.165, 1.54) is 17.5 Å². The third-order valence-corrected chi connectivity index (χ3v) is 3.78. The Morgan fingerprint density at radius 3 is 2.38 bits per heavy atom. The molecule has 0 aromatic heterocycles. The highest BCUT2D eigenvalue weighted by Crippen LogP contribution is 2.31. The van der Waals surface area contributed by atoms with Gasteiger partial charge in [0.05, 0.1) is 0 Å². The van der Waals surface area contributed by atoms with E-state index in [1.807, 2.05) is 0 Å². The zero-order valence-electron chi connectivity index (χ0n) is 9.41. The fourth-order valence-corrected chi connectivity index (χ4v) is 2.90. The van der Waals surface area contributed by atoms with Gasteiger partial charge in [-0.1, -0.05) is 30.3 Å². The third kappa shape index (κ3) is 1.60. The second kappa shape index (κ2) is 3.89. The van der Waals surface area contributed by atoms with Crippen LogP contribution >= 0.6 is 0 Å². The van der Waals surface area contributed by atoms with Crippen LogP contribution in [-0.2, 0) is 17.6 Å². The van der Waals surface area contributed by atoms with Gasteiger partial charge in [0.25, 0.3) is 0 Å². The van der Waals surface area contributed by atoms with Gasteiger partial charge in [-0.05, 0) is 48.8 Å². The van der Waals surface area contributed by atoms with E-state index in [0.29, 0.717) is 5.78 Å². The van der Waals surface area contributed by atoms with E-state index in [-0.39, 0.29) is 5.92 Å². The molecular weight excluding hydrogens is 196 g/mol. The summed E-state index contributed by atoms with van der Waals surface area (Å²) >= 11 is 0. The lowest BCUT2D eigenvalue weighted by molar-refractivity contribution is -0.119. The molecule has 0 fully saturated rings. The summed E-state index contributed by atoms with van der Waals surface area (Å²) in [6, 6.07) is 8.46. The van der Waals surface area contributed by atoms with Crippen LogP contribution < -0.4 is 0 Å². The van der Waals surface area contributed by atoms with Gasteiger partial charge in [0.15, 0.2) is 5.78 Å². The maximum absolute atomic E-state index is 12.2.